The van der Waals surface area contributed by atoms with Crippen LogP contribution in [0.2, 0.25) is 0 Å². The molecule has 1 aliphatic carbocycles. The van der Waals surface area contributed by atoms with Crippen LogP contribution in [0.4, 0.5) is 0 Å². The van der Waals surface area contributed by atoms with Crippen molar-refractivity contribution in [2.45, 2.75) is 61.4 Å². The molecule has 1 aromatic heterocycles. The van der Waals surface area contributed by atoms with Crippen molar-refractivity contribution in [3.8, 4) is 0 Å². The van der Waals surface area contributed by atoms with Crippen LogP contribution in [0.25, 0.3) is 0 Å². The Labute approximate surface area is 127 Å². The summed E-state index contributed by atoms with van der Waals surface area (Å²) in [6.45, 7) is 5.22. The van der Waals surface area contributed by atoms with Crippen molar-refractivity contribution in [2.75, 3.05) is 13.2 Å². The first-order valence-corrected chi connectivity index (χ1v) is 8.26. The number of thioether (sulfide) groups is 1. The lowest BCUT2D eigenvalue weighted by molar-refractivity contribution is -0.176. The molecule has 1 aromatic rings. The van der Waals surface area contributed by atoms with Gasteiger partial charge in [0.25, 0.3) is 0 Å². The first-order chi connectivity index (χ1) is 10.0. The number of nitrogens with two attached hydrogens (primary N) is 1. The molecule has 21 heavy (non-hydrogen) atoms. The molecule has 7 nitrogen and oxygen atoms in total. The van der Waals surface area contributed by atoms with Crippen LogP contribution in [0, 0.1) is 0 Å². The zero-order valence-corrected chi connectivity index (χ0v) is 13.2. The van der Waals surface area contributed by atoms with Crippen LogP contribution >= 0.6 is 11.8 Å². The Balaban J connectivity index is 1.78. The second-order valence-electron chi connectivity index (χ2n) is 5.95. The summed E-state index contributed by atoms with van der Waals surface area (Å²) in [7, 11) is 0. The van der Waals surface area contributed by atoms with E-state index in [0.29, 0.717) is 18.4 Å². The van der Waals surface area contributed by atoms with Crippen molar-refractivity contribution in [2.24, 2.45) is 5.73 Å². The van der Waals surface area contributed by atoms with E-state index in [9.17, 15) is 4.79 Å². The molecule has 1 spiro atoms. The standard InChI is InChI=1S/C13H22N4O3S/c1-8(2)17-11(18)15-16-12(17)21-10-7-13(4-3-9(10)14)19-5-6-20-13/h8-10H,3-7,14H2,1-2H3,(H,15,18). The number of hydrogen-bond acceptors (Lipinski definition) is 6. The summed E-state index contributed by atoms with van der Waals surface area (Å²) in [6, 6.07) is 0.118. The first-order valence-electron chi connectivity index (χ1n) is 7.38. The molecular formula is C13H22N4O3S. The van der Waals surface area contributed by atoms with Crippen molar-refractivity contribution in [1.82, 2.24) is 14.8 Å². The molecule has 2 atom stereocenters. The summed E-state index contributed by atoms with van der Waals surface area (Å²) in [5.41, 5.74) is 6.07. The van der Waals surface area contributed by atoms with Crippen LogP contribution in [-0.4, -0.2) is 45.1 Å². The molecule has 0 amide bonds. The zero-order chi connectivity index (χ0) is 15.0. The van der Waals surface area contributed by atoms with Gasteiger partial charge in [-0.15, -0.1) is 5.10 Å². The van der Waals surface area contributed by atoms with Crippen LogP contribution in [0.1, 0.15) is 39.2 Å². The quantitative estimate of drug-likeness (QED) is 0.859. The van der Waals surface area contributed by atoms with Crippen LogP contribution in [0.15, 0.2) is 9.95 Å². The summed E-state index contributed by atoms with van der Waals surface area (Å²) in [5, 5.41) is 7.46. The molecule has 3 rings (SSSR count). The molecule has 0 aromatic carbocycles. The van der Waals surface area contributed by atoms with Crippen molar-refractivity contribution >= 4 is 11.8 Å². The van der Waals surface area contributed by atoms with E-state index in [4.69, 9.17) is 15.2 Å². The highest BCUT2D eigenvalue weighted by molar-refractivity contribution is 7.99. The highest BCUT2D eigenvalue weighted by Gasteiger charge is 2.45. The van der Waals surface area contributed by atoms with Gasteiger partial charge in [-0.05, 0) is 20.3 Å². The summed E-state index contributed by atoms with van der Waals surface area (Å²) >= 11 is 1.54. The van der Waals surface area contributed by atoms with E-state index >= 15 is 0 Å². The average molecular weight is 314 g/mol. The molecule has 2 heterocycles. The van der Waals surface area contributed by atoms with Gasteiger partial charge >= 0.3 is 5.69 Å². The van der Waals surface area contributed by atoms with Gasteiger partial charge in [-0.1, -0.05) is 11.8 Å². The molecule has 2 aliphatic rings. The number of aromatic nitrogens is 3. The topological polar surface area (TPSA) is 95.2 Å². The van der Waals surface area contributed by atoms with E-state index in [2.05, 4.69) is 10.2 Å². The van der Waals surface area contributed by atoms with E-state index < -0.39 is 5.79 Å². The Kier molecular flexibility index (Phi) is 4.13. The van der Waals surface area contributed by atoms with Crippen molar-refractivity contribution < 1.29 is 9.47 Å². The normalized spacial score (nSPS) is 28.6. The molecule has 3 N–H and O–H groups in total. The SMILES string of the molecule is CC(C)n1c(SC2CC3(CCC2N)OCCO3)n[nH]c1=O. The monoisotopic (exact) mass is 314 g/mol. The van der Waals surface area contributed by atoms with Crippen LogP contribution in [0.3, 0.4) is 0 Å². The van der Waals surface area contributed by atoms with Gasteiger partial charge in [0.1, 0.15) is 0 Å². The Bertz CT molecular complexity index is 550. The summed E-state index contributed by atoms with van der Waals surface area (Å²) in [6.07, 6.45) is 2.43. The Morgan fingerprint density at radius 2 is 2.19 bits per heavy atom. The van der Waals surface area contributed by atoms with Crippen molar-refractivity contribution in [1.29, 1.82) is 0 Å². The fourth-order valence-corrected chi connectivity index (χ4v) is 4.41. The third kappa shape index (κ3) is 2.90. The van der Waals surface area contributed by atoms with Gasteiger partial charge in [-0.25, -0.2) is 9.89 Å². The van der Waals surface area contributed by atoms with Gasteiger partial charge < -0.3 is 15.2 Å². The minimum absolute atomic E-state index is 0.0563. The van der Waals surface area contributed by atoms with Crippen LogP contribution in [0.5, 0.6) is 0 Å². The zero-order valence-electron chi connectivity index (χ0n) is 12.4. The molecule has 2 fully saturated rings. The van der Waals surface area contributed by atoms with Crippen LogP contribution < -0.4 is 11.4 Å². The molecule has 2 unspecified atom stereocenters. The Morgan fingerprint density at radius 1 is 1.48 bits per heavy atom. The van der Waals surface area contributed by atoms with Gasteiger partial charge in [0.15, 0.2) is 10.9 Å². The van der Waals surface area contributed by atoms with E-state index in [0.717, 1.165) is 19.3 Å². The summed E-state index contributed by atoms with van der Waals surface area (Å²) in [5.74, 6) is -0.479. The number of nitrogens with zero attached hydrogens (tertiary/aromatic N) is 2. The molecule has 1 aliphatic heterocycles. The van der Waals surface area contributed by atoms with Crippen molar-refractivity contribution in [3.63, 3.8) is 0 Å². The summed E-state index contributed by atoms with van der Waals surface area (Å²) in [4.78, 5) is 11.8. The van der Waals surface area contributed by atoms with Gasteiger partial charge in [-0.2, -0.15) is 0 Å². The Hall–Kier alpha value is -0.830. The third-order valence-electron chi connectivity index (χ3n) is 4.11. The van der Waals surface area contributed by atoms with Gasteiger partial charge in [0.2, 0.25) is 0 Å². The minimum atomic E-state index is -0.479. The predicted octanol–water partition coefficient (Wildman–Crippen LogP) is 0.867. The smallest absolute Gasteiger partial charge is 0.344 e. The molecule has 1 saturated heterocycles. The predicted molar refractivity (Wildman–Crippen MR) is 79.3 cm³/mol. The summed E-state index contributed by atoms with van der Waals surface area (Å²) < 4.78 is 13.2. The van der Waals surface area contributed by atoms with E-state index in [1.165, 1.54) is 0 Å². The first kappa shape index (κ1) is 15.1. The molecule has 0 radical (unpaired) electrons. The lowest BCUT2D eigenvalue weighted by Crippen LogP contribution is -2.47. The van der Waals surface area contributed by atoms with Gasteiger partial charge in [0.05, 0.1) is 13.2 Å². The largest absolute Gasteiger partial charge is 0.347 e. The number of aromatic amines is 1. The van der Waals surface area contributed by atoms with Gasteiger partial charge in [-0.3, -0.25) is 4.57 Å². The number of nitrogens with one attached hydrogen (secondary N) is 1. The minimum Gasteiger partial charge on any atom is -0.347 e. The highest BCUT2D eigenvalue weighted by Crippen LogP contribution is 2.41. The Morgan fingerprint density at radius 3 is 2.86 bits per heavy atom. The molecule has 0 bridgehead atoms. The molecular weight excluding hydrogens is 292 g/mol. The lowest BCUT2D eigenvalue weighted by atomic mass is 9.90. The van der Waals surface area contributed by atoms with E-state index in [-0.39, 0.29) is 23.0 Å². The van der Waals surface area contributed by atoms with Crippen LogP contribution in [-0.2, 0) is 9.47 Å². The average Bonchev–Trinajstić information content (AvgIpc) is 3.02. The fraction of sp³-hybridized carbons (Fsp3) is 0.846. The van der Waals surface area contributed by atoms with Gasteiger partial charge in [0, 0.05) is 30.2 Å². The van der Waals surface area contributed by atoms with E-state index in [1.807, 2.05) is 13.8 Å². The number of hydrogen-bond donors (Lipinski definition) is 2. The fourth-order valence-electron chi connectivity index (χ4n) is 2.98. The lowest BCUT2D eigenvalue weighted by Gasteiger charge is -2.39. The number of ether oxygens (including phenoxy) is 2. The maximum atomic E-state index is 11.8. The second-order valence-corrected chi connectivity index (χ2v) is 7.15. The molecule has 8 heteroatoms. The highest BCUT2D eigenvalue weighted by atomic mass is 32.2. The third-order valence-corrected chi connectivity index (χ3v) is 5.42. The van der Waals surface area contributed by atoms with E-state index in [1.54, 1.807) is 16.3 Å². The number of H-pyrrole nitrogens is 1. The number of rotatable bonds is 3. The van der Waals surface area contributed by atoms with Crippen molar-refractivity contribution in [3.05, 3.63) is 10.5 Å². The maximum absolute atomic E-state index is 11.8. The molecule has 118 valence electrons. The molecule has 1 saturated carbocycles. The maximum Gasteiger partial charge on any atom is 0.344 e. The second kappa shape index (κ2) is 5.75.